The molecule has 148 valence electrons. The van der Waals surface area contributed by atoms with E-state index in [2.05, 4.69) is 20.5 Å². The van der Waals surface area contributed by atoms with Gasteiger partial charge in [0.25, 0.3) is 0 Å². The highest BCUT2D eigenvalue weighted by Gasteiger charge is 2.13. The molecule has 8 heteroatoms. The first-order valence-electron chi connectivity index (χ1n) is 9.02. The number of ether oxygens (including phenoxy) is 2. The third-order valence-electron chi connectivity index (χ3n) is 4.62. The quantitative estimate of drug-likeness (QED) is 0.516. The lowest BCUT2D eigenvalue weighted by molar-refractivity contribution is 0.184. The first-order valence-corrected chi connectivity index (χ1v) is 9.02. The smallest absolute Gasteiger partial charge is 0.170 e. The molecule has 0 aliphatic rings. The van der Waals surface area contributed by atoms with Crippen molar-refractivity contribution in [3.05, 3.63) is 72.1 Å². The van der Waals surface area contributed by atoms with E-state index >= 15 is 0 Å². The molecule has 0 aliphatic heterocycles. The van der Waals surface area contributed by atoms with Gasteiger partial charge in [0.1, 0.15) is 23.7 Å². The fourth-order valence-electron chi connectivity index (χ4n) is 3.24. The lowest BCUT2D eigenvalue weighted by Crippen LogP contribution is -2.07. The van der Waals surface area contributed by atoms with Crippen LogP contribution in [0.4, 0.5) is 10.2 Å². The second kappa shape index (κ2) is 8.24. The Bertz CT molecular complexity index is 1150. The van der Waals surface area contributed by atoms with Crippen molar-refractivity contribution >= 4 is 11.5 Å². The molecule has 4 rings (SSSR count). The fraction of sp³-hybridized carbons (Fsp3) is 0.190. The van der Waals surface area contributed by atoms with Crippen molar-refractivity contribution in [2.24, 2.45) is 0 Å². The molecule has 0 saturated heterocycles. The molecule has 7 nitrogen and oxygen atoms in total. The van der Waals surface area contributed by atoms with Crippen LogP contribution in [-0.4, -0.2) is 33.8 Å². The van der Waals surface area contributed by atoms with E-state index in [4.69, 9.17) is 9.47 Å². The van der Waals surface area contributed by atoms with Crippen LogP contribution in [0.25, 0.3) is 16.8 Å². The summed E-state index contributed by atoms with van der Waals surface area (Å²) in [6.45, 7) is 0.737. The maximum absolute atomic E-state index is 14.2. The highest BCUT2D eigenvalue weighted by atomic mass is 19.1. The number of methoxy groups -OCH3 is 2. The largest absolute Gasteiger partial charge is 0.496 e. The van der Waals surface area contributed by atoms with Gasteiger partial charge in [-0.15, -0.1) is 10.2 Å². The van der Waals surface area contributed by atoms with E-state index in [1.165, 1.54) is 13.2 Å². The van der Waals surface area contributed by atoms with Crippen molar-refractivity contribution in [3.8, 4) is 16.9 Å². The van der Waals surface area contributed by atoms with Gasteiger partial charge in [0.15, 0.2) is 5.65 Å². The second-order valence-electron chi connectivity index (χ2n) is 6.45. The molecular weight excluding hydrogens is 373 g/mol. The third-order valence-corrected chi connectivity index (χ3v) is 4.62. The van der Waals surface area contributed by atoms with Gasteiger partial charge < -0.3 is 14.8 Å². The summed E-state index contributed by atoms with van der Waals surface area (Å²) < 4.78 is 26.5. The van der Waals surface area contributed by atoms with Crippen LogP contribution in [0.3, 0.4) is 0 Å². The minimum Gasteiger partial charge on any atom is -0.496 e. The van der Waals surface area contributed by atoms with E-state index in [0.29, 0.717) is 23.6 Å². The Morgan fingerprint density at radius 3 is 2.86 bits per heavy atom. The first kappa shape index (κ1) is 18.8. The van der Waals surface area contributed by atoms with E-state index < -0.39 is 0 Å². The average Bonchev–Trinajstić information content (AvgIpc) is 3.23. The highest BCUT2D eigenvalue weighted by Crippen LogP contribution is 2.27. The molecule has 1 aromatic carbocycles. The van der Waals surface area contributed by atoms with Crippen LogP contribution in [0.5, 0.6) is 5.75 Å². The van der Waals surface area contributed by atoms with Crippen molar-refractivity contribution in [1.82, 2.24) is 19.6 Å². The average molecular weight is 393 g/mol. The molecule has 0 fully saturated rings. The van der Waals surface area contributed by atoms with Crippen LogP contribution in [0.1, 0.15) is 11.1 Å². The molecule has 1 N–H and O–H groups in total. The number of aromatic nitrogens is 4. The van der Waals surface area contributed by atoms with Crippen LogP contribution in [0.2, 0.25) is 0 Å². The Labute approximate surface area is 167 Å². The van der Waals surface area contributed by atoms with Gasteiger partial charge >= 0.3 is 0 Å². The van der Waals surface area contributed by atoms with Crippen molar-refractivity contribution in [1.29, 1.82) is 0 Å². The lowest BCUT2D eigenvalue weighted by atomic mass is 10.1. The minimum absolute atomic E-state index is 0.257. The predicted octanol–water partition coefficient (Wildman–Crippen LogP) is 3.70. The number of nitrogens with zero attached hydrogens (tertiary/aromatic N) is 4. The standard InChI is InChI=1S/C21H20FN5O2/c1-28-12-14-8-15(10-23-9-14)16-6-7-20(27-13-25-26-21(16)27)24-11-17-18(22)4-3-5-19(17)29-2/h3-10,13,24H,11-12H2,1-2H3. The van der Waals surface area contributed by atoms with E-state index in [1.807, 2.05) is 22.6 Å². The molecule has 0 radical (unpaired) electrons. The minimum atomic E-state index is -0.325. The van der Waals surface area contributed by atoms with Crippen LogP contribution >= 0.6 is 0 Å². The number of benzene rings is 1. The molecule has 0 saturated carbocycles. The van der Waals surface area contributed by atoms with Gasteiger partial charge in [0.05, 0.1) is 13.7 Å². The van der Waals surface area contributed by atoms with Crippen LogP contribution in [-0.2, 0) is 17.9 Å². The summed E-state index contributed by atoms with van der Waals surface area (Å²) in [7, 11) is 3.17. The van der Waals surface area contributed by atoms with Gasteiger partial charge in [-0.1, -0.05) is 6.07 Å². The molecule has 0 unspecified atom stereocenters. The predicted molar refractivity (Wildman–Crippen MR) is 107 cm³/mol. The Hall–Kier alpha value is -3.52. The van der Waals surface area contributed by atoms with E-state index in [-0.39, 0.29) is 12.4 Å². The summed E-state index contributed by atoms with van der Waals surface area (Å²) in [6, 6.07) is 10.6. The molecule has 0 atom stereocenters. The molecule has 4 aromatic rings. The number of rotatable bonds is 7. The normalized spacial score (nSPS) is 11.0. The van der Waals surface area contributed by atoms with Gasteiger partial charge in [0, 0.05) is 42.7 Å². The number of hydrogen-bond acceptors (Lipinski definition) is 6. The molecule has 29 heavy (non-hydrogen) atoms. The Kier molecular flexibility index (Phi) is 5.35. The lowest BCUT2D eigenvalue weighted by Gasteiger charge is -2.14. The van der Waals surface area contributed by atoms with E-state index in [9.17, 15) is 4.39 Å². The zero-order valence-corrected chi connectivity index (χ0v) is 16.1. The zero-order valence-electron chi connectivity index (χ0n) is 16.1. The van der Waals surface area contributed by atoms with Crippen molar-refractivity contribution < 1.29 is 13.9 Å². The number of fused-ring (bicyclic) bond motifs is 1. The monoisotopic (exact) mass is 393 g/mol. The maximum Gasteiger partial charge on any atom is 0.170 e. The fourth-order valence-corrected chi connectivity index (χ4v) is 3.24. The Balaban J connectivity index is 1.66. The SMILES string of the molecule is COCc1cncc(-c2ccc(NCc3c(F)cccc3OC)n3cnnc23)c1. The molecular formula is C21H20FN5O2. The van der Waals surface area contributed by atoms with Crippen molar-refractivity contribution in [2.75, 3.05) is 19.5 Å². The summed E-state index contributed by atoms with van der Waals surface area (Å²) in [6.07, 6.45) is 5.17. The summed E-state index contributed by atoms with van der Waals surface area (Å²) in [5.74, 6) is 0.907. The highest BCUT2D eigenvalue weighted by molar-refractivity contribution is 5.78. The van der Waals surface area contributed by atoms with Gasteiger partial charge in [-0.05, 0) is 35.9 Å². The number of anilines is 1. The summed E-state index contributed by atoms with van der Waals surface area (Å²) in [5, 5.41) is 11.5. The van der Waals surface area contributed by atoms with Crippen LogP contribution in [0, 0.1) is 5.82 Å². The Morgan fingerprint density at radius 1 is 1.14 bits per heavy atom. The van der Waals surface area contributed by atoms with Crippen molar-refractivity contribution in [3.63, 3.8) is 0 Å². The summed E-state index contributed by atoms with van der Waals surface area (Å²) >= 11 is 0. The zero-order chi connectivity index (χ0) is 20.2. The number of halogens is 1. The molecule has 3 heterocycles. The van der Waals surface area contributed by atoms with E-state index in [0.717, 1.165) is 22.5 Å². The number of pyridine rings is 2. The van der Waals surface area contributed by atoms with Gasteiger partial charge in [-0.2, -0.15) is 0 Å². The second-order valence-corrected chi connectivity index (χ2v) is 6.45. The third kappa shape index (κ3) is 3.74. The van der Waals surface area contributed by atoms with Gasteiger partial charge in [0.2, 0.25) is 0 Å². The topological polar surface area (TPSA) is 73.6 Å². The number of hydrogen-bond donors (Lipinski definition) is 1. The molecule has 3 aromatic heterocycles. The van der Waals surface area contributed by atoms with Gasteiger partial charge in [-0.25, -0.2) is 4.39 Å². The maximum atomic E-state index is 14.2. The van der Waals surface area contributed by atoms with E-state index in [1.54, 1.807) is 38.0 Å². The Morgan fingerprint density at radius 2 is 2.03 bits per heavy atom. The van der Waals surface area contributed by atoms with Crippen LogP contribution < -0.4 is 10.1 Å². The summed E-state index contributed by atoms with van der Waals surface area (Å²) in [5.41, 5.74) is 3.90. The van der Waals surface area contributed by atoms with Crippen molar-refractivity contribution in [2.45, 2.75) is 13.2 Å². The molecule has 0 spiro atoms. The molecule has 0 aliphatic carbocycles. The summed E-state index contributed by atoms with van der Waals surface area (Å²) in [4.78, 5) is 4.29. The molecule has 0 bridgehead atoms. The van der Waals surface area contributed by atoms with Crippen LogP contribution in [0.15, 0.2) is 55.1 Å². The first-order chi connectivity index (χ1) is 14.2. The van der Waals surface area contributed by atoms with Gasteiger partial charge in [-0.3, -0.25) is 9.38 Å². The molecule has 0 amide bonds. The number of nitrogens with one attached hydrogen (secondary N) is 1.